The summed E-state index contributed by atoms with van der Waals surface area (Å²) in [7, 11) is 0. The van der Waals surface area contributed by atoms with Crippen LogP contribution in [0.15, 0.2) is 60.9 Å². The van der Waals surface area contributed by atoms with Crippen molar-refractivity contribution < 1.29 is 9.59 Å². The van der Waals surface area contributed by atoms with Gasteiger partial charge in [0.25, 0.3) is 11.8 Å². The summed E-state index contributed by atoms with van der Waals surface area (Å²) in [5, 5.41) is 3.05. The molecule has 1 fully saturated rings. The highest BCUT2D eigenvalue weighted by atomic mass is 16.2. The summed E-state index contributed by atoms with van der Waals surface area (Å²) in [5.74, 6) is 0.0428. The van der Waals surface area contributed by atoms with Crippen molar-refractivity contribution >= 4 is 11.8 Å². The first-order valence-corrected chi connectivity index (χ1v) is 10.3. The molecule has 2 heterocycles. The Kier molecular flexibility index (Phi) is 4.58. The van der Waals surface area contributed by atoms with Crippen LogP contribution in [-0.2, 0) is 13.1 Å². The van der Waals surface area contributed by atoms with Crippen LogP contribution in [0.25, 0.3) is 11.1 Å². The van der Waals surface area contributed by atoms with Crippen LogP contribution in [0.2, 0.25) is 0 Å². The fourth-order valence-electron chi connectivity index (χ4n) is 3.96. The predicted molar refractivity (Wildman–Crippen MR) is 115 cm³/mol. The van der Waals surface area contributed by atoms with Gasteiger partial charge in [0.15, 0.2) is 0 Å². The van der Waals surface area contributed by atoms with Crippen LogP contribution in [0.5, 0.6) is 0 Å². The van der Waals surface area contributed by atoms with Crippen LogP contribution in [0, 0.1) is 6.92 Å². The molecule has 0 spiro atoms. The second kappa shape index (κ2) is 7.41. The summed E-state index contributed by atoms with van der Waals surface area (Å²) in [6, 6.07) is 16.0. The Morgan fingerprint density at radius 1 is 1.07 bits per heavy atom. The van der Waals surface area contributed by atoms with E-state index in [4.69, 9.17) is 0 Å². The number of rotatable bonds is 5. The van der Waals surface area contributed by atoms with E-state index < -0.39 is 0 Å². The molecule has 5 heteroatoms. The minimum Gasteiger partial charge on any atom is -0.349 e. The molecule has 5 rings (SSSR count). The zero-order chi connectivity index (χ0) is 20.7. The van der Waals surface area contributed by atoms with Gasteiger partial charge in [-0.25, -0.2) is 0 Å². The lowest BCUT2D eigenvalue weighted by Crippen LogP contribution is -2.25. The van der Waals surface area contributed by atoms with E-state index in [0.717, 1.165) is 46.2 Å². The van der Waals surface area contributed by atoms with Gasteiger partial charge in [0.05, 0.1) is 0 Å². The SMILES string of the molecule is Cc1ccc(C(=O)NC2CC2)cc1-c1ccc2c(c1)CN(Cc1ccncc1)C2=O. The molecule has 150 valence electrons. The zero-order valence-corrected chi connectivity index (χ0v) is 16.9. The quantitative estimate of drug-likeness (QED) is 0.705. The molecule has 5 nitrogen and oxygen atoms in total. The van der Waals surface area contributed by atoms with E-state index in [0.29, 0.717) is 24.7 Å². The maximum absolute atomic E-state index is 12.8. The highest BCUT2D eigenvalue weighted by molar-refractivity contribution is 5.99. The average Bonchev–Trinajstić information content (AvgIpc) is 3.52. The second-order valence-electron chi connectivity index (χ2n) is 8.17. The molecule has 1 aliphatic carbocycles. The monoisotopic (exact) mass is 397 g/mol. The van der Waals surface area contributed by atoms with Gasteiger partial charge in [-0.1, -0.05) is 12.1 Å². The third-order valence-corrected chi connectivity index (χ3v) is 5.83. The van der Waals surface area contributed by atoms with Crippen LogP contribution >= 0.6 is 0 Å². The number of aromatic nitrogens is 1. The molecule has 2 amide bonds. The fraction of sp³-hybridized carbons (Fsp3) is 0.240. The van der Waals surface area contributed by atoms with E-state index in [-0.39, 0.29) is 11.8 Å². The van der Waals surface area contributed by atoms with Crippen LogP contribution in [0.1, 0.15) is 50.2 Å². The molecule has 0 unspecified atom stereocenters. The first-order valence-electron chi connectivity index (χ1n) is 10.3. The number of benzene rings is 2. The van der Waals surface area contributed by atoms with E-state index in [9.17, 15) is 9.59 Å². The van der Waals surface area contributed by atoms with Gasteiger partial charge in [-0.05, 0) is 84.0 Å². The molecule has 0 atom stereocenters. The Morgan fingerprint density at radius 2 is 1.87 bits per heavy atom. The standard InChI is InChI=1S/C25H23N3O2/c1-16-2-3-19(24(29)27-21-5-6-21)13-23(16)18-4-7-22-20(12-18)15-28(25(22)30)14-17-8-10-26-11-9-17/h2-4,7-13,21H,5-6,14-15H2,1H3,(H,27,29). The summed E-state index contributed by atoms with van der Waals surface area (Å²) < 4.78 is 0. The van der Waals surface area contributed by atoms with E-state index in [1.165, 1.54) is 0 Å². The van der Waals surface area contributed by atoms with Crippen molar-refractivity contribution in [3.63, 3.8) is 0 Å². The number of nitrogens with one attached hydrogen (secondary N) is 1. The molecule has 0 saturated heterocycles. The number of aryl methyl sites for hydroxylation is 1. The van der Waals surface area contributed by atoms with Crippen LogP contribution < -0.4 is 5.32 Å². The van der Waals surface area contributed by atoms with Crippen LogP contribution in [0.3, 0.4) is 0 Å². The van der Waals surface area contributed by atoms with Gasteiger partial charge >= 0.3 is 0 Å². The molecule has 1 aromatic heterocycles. The number of fused-ring (bicyclic) bond motifs is 1. The van der Waals surface area contributed by atoms with Crippen molar-refractivity contribution in [3.05, 3.63) is 88.7 Å². The highest BCUT2D eigenvalue weighted by Gasteiger charge is 2.28. The zero-order valence-electron chi connectivity index (χ0n) is 16.9. The Morgan fingerprint density at radius 3 is 2.63 bits per heavy atom. The summed E-state index contributed by atoms with van der Waals surface area (Å²) in [6.45, 7) is 3.21. The number of carbonyl (C=O) groups excluding carboxylic acids is 2. The van der Waals surface area contributed by atoms with E-state index >= 15 is 0 Å². The van der Waals surface area contributed by atoms with Crippen molar-refractivity contribution in [2.75, 3.05) is 0 Å². The normalized spacial score (nSPS) is 15.2. The highest BCUT2D eigenvalue weighted by Crippen LogP contribution is 2.31. The smallest absolute Gasteiger partial charge is 0.254 e. The number of nitrogens with zero attached hydrogens (tertiary/aromatic N) is 2. The van der Waals surface area contributed by atoms with E-state index in [1.807, 2.05) is 54.3 Å². The minimum absolute atomic E-state index is 0.0152. The molecule has 1 aliphatic heterocycles. The Balaban J connectivity index is 1.41. The van der Waals surface area contributed by atoms with Crippen LogP contribution in [0.4, 0.5) is 0 Å². The first-order chi connectivity index (χ1) is 14.6. The summed E-state index contributed by atoms with van der Waals surface area (Å²) in [5.41, 5.74) is 6.70. The Bertz CT molecular complexity index is 1140. The molecule has 30 heavy (non-hydrogen) atoms. The van der Waals surface area contributed by atoms with Gasteiger partial charge in [-0.3, -0.25) is 14.6 Å². The number of amides is 2. The first kappa shape index (κ1) is 18.6. The van der Waals surface area contributed by atoms with Crippen molar-refractivity contribution in [1.29, 1.82) is 0 Å². The van der Waals surface area contributed by atoms with E-state index in [2.05, 4.69) is 16.4 Å². The molecule has 2 aromatic carbocycles. The predicted octanol–water partition coefficient (Wildman–Crippen LogP) is 4.11. The largest absolute Gasteiger partial charge is 0.349 e. The van der Waals surface area contributed by atoms with Crippen molar-refractivity contribution in [3.8, 4) is 11.1 Å². The average molecular weight is 397 g/mol. The van der Waals surface area contributed by atoms with Gasteiger partial charge in [-0.2, -0.15) is 0 Å². The van der Waals surface area contributed by atoms with Gasteiger partial charge in [-0.15, -0.1) is 0 Å². The topological polar surface area (TPSA) is 62.3 Å². The van der Waals surface area contributed by atoms with Gasteiger partial charge < -0.3 is 10.2 Å². The van der Waals surface area contributed by atoms with Crippen molar-refractivity contribution in [2.24, 2.45) is 0 Å². The van der Waals surface area contributed by atoms with Gasteiger partial charge in [0.1, 0.15) is 0 Å². The third-order valence-electron chi connectivity index (χ3n) is 5.83. The molecule has 0 bridgehead atoms. The maximum Gasteiger partial charge on any atom is 0.254 e. The lowest BCUT2D eigenvalue weighted by molar-refractivity contribution is 0.0766. The maximum atomic E-state index is 12.8. The molecular weight excluding hydrogens is 374 g/mol. The lowest BCUT2D eigenvalue weighted by atomic mass is 9.95. The Hall–Kier alpha value is -3.47. The molecule has 1 N–H and O–H groups in total. The molecule has 2 aliphatic rings. The number of pyridine rings is 1. The number of hydrogen-bond donors (Lipinski definition) is 1. The third kappa shape index (κ3) is 3.59. The molecule has 1 saturated carbocycles. The minimum atomic E-state index is -0.0152. The second-order valence-corrected chi connectivity index (χ2v) is 8.17. The van der Waals surface area contributed by atoms with Crippen LogP contribution in [-0.4, -0.2) is 27.7 Å². The van der Waals surface area contributed by atoms with Gasteiger partial charge in [0.2, 0.25) is 0 Å². The van der Waals surface area contributed by atoms with E-state index in [1.54, 1.807) is 12.4 Å². The summed E-state index contributed by atoms with van der Waals surface area (Å²) in [6.07, 6.45) is 5.63. The molecule has 3 aromatic rings. The van der Waals surface area contributed by atoms with Crippen molar-refractivity contribution in [1.82, 2.24) is 15.2 Å². The molecule has 0 radical (unpaired) electrons. The fourth-order valence-corrected chi connectivity index (χ4v) is 3.96. The lowest BCUT2D eigenvalue weighted by Gasteiger charge is -2.15. The summed E-state index contributed by atoms with van der Waals surface area (Å²) >= 11 is 0. The number of carbonyl (C=O) groups is 2. The van der Waals surface area contributed by atoms with Crippen molar-refractivity contribution in [2.45, 2.75) is 38.9 Å². The summed E-state index contributed by atoms with van der Waals surface area (Å²) in [4.78, 5) is 31.2. The van der Waals surface area contributed by atoms with Gasteiger partial charge in [0, 0.05) is 42.7 Å². The molecular formula is C25H23N3O2. The Labute approximate surface area is 175 Å². The number of hydrogen-bond acceptors (Lipinski definition) is 3.